The molecule has 3 heterocycles. The maximum Gasteiger partial charge on any atom is 0.225 e. The Hall–Kier alpha value is -2.96. The van der Waals surface area contributed by atoms with Gasteiger partial charge in [-0.05, 0) is 37.0 Å². The standard InChI is InChI=1S/C22H28N6O/c1-3-15(2)19(20-25-17-9-4-5-10-18(17)26-20)27-21(29)16-8-6-13-28(14-16)22-23-11-7-12-24-22/h4-5,7,9-12,15-16,19H,3,6,8,13-14H2,1-2H3,(H,25,26)(H,27,29)/t15-,16+,19-/m0/s1. The lowest BCUT2D eigenvalue weighted by molar-refractivity contribution is -0.126. The minimum Gasteiger partial charge on any atom is -0.346 e. The molecule has 1 aromatic carbocycles. The van der Waals surface area contributed by atoms with Crippen LogP contribution in [0.1, 0.15) is 45.0 Å². The molecule has 4 rings (SSSR count). The van der Waals surface area contributed by atoms with E-state index in [4.69, 9.17) is 4.98 Å². The number of amides is 1. The molecule has 0 unspecified atom stereocenters. The molecule has 7 nitrogen and oxygen atoms in total. The van der Waals surface area contributed by atoms with Crippen molar-refractivity contribution in [3.63, 3.8) is 0 Å². The van der Waals surface area contributed by atoms with Gasteiger partial charge in [-0.3, -0.25) is 4.79 Å². The van der Waals surface area contributed by atoms with E-state index in [2.05, 4.69) is 39.0 Å². The topological polar surface area (TPSA) is 86.8 Å². The summed E-state index contributed by atoms with van der Waals surface area (Å²) in [7, 11) is 0. The summed E-state index contributed by atoms with van der Waals surface area (Å²) >= 11 is 0. The molecule has 0 saturated carbocycles. The highest BCUT2D eigenvalue weighted by atomic mass is 16.2. The van der Waals surface area contributed by atoms with Gasteiger partial charge < -0.3 is 15.2 Å². The predicted molar refractivity (Wildman–Crippen MR) is 113 cm³/mol. The zero-order valence-electron chi connectivity index (χ0n) is 17.0. The molecule has 0 spiro atoms. The average Bonchev–Trinajstić information content (AvgIpc) is 3.21. The molecule has 0 bridgehead atoms. The summed E-state index contributed by atoms with van der Waals surface area (Å²) in [5, 5.41) is 3.29. The number of carbonyl (C=O) groups excluding carboxylic acids is 1. The number of aromatic nitrogens is 4. The van der Waals surface area contributed by atoms with Crippen LogP contribution in [0.25, 0.3) is 11.0 Å². The second kappa shape index (κ2) is 8.59. The number of para-hydroxylation sites is 2. The first-order valence-electron chi connectivity index (χ1n) is 10.4. The largest absolute Gasteiger partial charge is 0.346 e. The molecule has 7 heteroatoms. The summed E-state index contributed by atoms with van der Waals surface area (Å²) in [5.74, 6) is 1.80. The van der Waals surface area contributed by atoms with Gasteiger partial charge in [0.25, 0.3) is 0 Å². The van der Waals surface area contributed by atoms with Gasteiger partial charge in [0, 0.05) is 25.5 Å². The lowest BCUT2D eigenvalue weighted by atomic mass is 9.94. The molecular weight excluding hydrogens is 364 g/mol. The summed E-state index contributed by atoms with van der Waals surface area (Å²) in [6, 6.07) is 9.64. The number of nitrogens with one attached hydrogen (secondary N) is 2. The first-order chi connectivity index (χ1) is 14.2. The Labute approximate surface area is 171 Å². The van der Waals surface area contributed by atoms with Gasteiger partial charge in [-0.15, -0.1) is 0 Å². The van der Waals surface area contributed by atoms with E-state index in [1.165, 1.54) is 0 Å². The molecule has 1 saturated heterocycles. The molecule has 1 fully saturated rings. The van der Waals surface area contributed by atoms with Crippen molar-refractivity contribution in [2.24, 2.45) is 11.8 Å². The van der Waals surface area contributed by atoms with E-state index in [1.807, 2.05) is 30.3 Å². The third-order valence-corrected chi connectivity index (χ3v) is 5.84. The van der Waals surface area contributed by atoms with Crippen LogP contribution in [0.2, 0.25) is 0 Å². The van der Waals surface area contributed by atoms with Crippen LogP contribution in [-0.2, 0) is 4.79 Å². The van der Waals surface area contributed by atoms with Crippen molar-refractivity contribution in [2.45, 2.75) is 39.2 Å². The van der Waals surface area contributed by atoms with Crippen molar-refractivity contribution in [1.82, 2.24) is 25.3 Å². The number of carbonyl (C=O) groups is 1. The van der Waals surface area contributed by atoms with Gasteiger partial charge in [0.1, 0.15) is 5.82 Å². The number of hydrogen-bond donors (Lipinski definition) is 2. The smallest absolute Gasteiger partial charge is 0.225 e. The molecule has 1 aliphatic rings. The van der Waals surface area contributed by atoms with Gasteiger partial charge in [0.05, 0.1) is 23.0 Å². The molecular formula is C22H28N6O. The van der Waals surface area contributed by atoms with Crippen molar-refractivity contribution < 1.29 is 4.79 Å². The Morgan fingerprint density at radius 2 is 2.07 bits per heavy atom. The minimum atomic E-state index is -0.136. The van der Waals surface area contributed by atoms with Gasteiger partial charge in [-0.2, -0.15) is 0 Å². The van der Waals surface area contributed by atoms with Crippen molar-refractivity contribution in [2.75, 3.05) is 18.0 Å². The summed E-state index contributed by atoms with van der Waals surface area (Å²) < 4.78 is 0. The maximum absolute atomic E-state index is 13.2. The number of anilines is 1. The number of hydrogen-bond acceptors (Lipinski definition) is 5. The lowest BCUT2D eigenvalue weighted by Gasteiger charge is -2.33. The Morgan fingerprint density at radius 3 is 2.83 bits per heavy atom. The highest BCUT2D eigenvalue weighted by Gasteiger charge is 2.31. The summed E-state index contributed by atoms with van der Waals surface area (Å²) in [6.07, 6.45) is 6.27. The quantitative estimate of drug-likeness (QED) is 0.671. The Kier molecular flexibility index (Phi) is 5.74. The van der Waals surface area contributed by atoms with E-state index in [-0.39, 0.29) is 23.8 Å². The fourth-order valence-corrected chi connectivity index (χ4v) is 3.93. The molecule has 0 radical (unpaired) electrons. The van der Waals surface area contributed by atoms with E-state index in [1.54, 1.807) is 12.4 Å². The van der Waals surface area contributed by atoms with Gasteiger partial charge in [-0.1, -0.05) is 32.4 Å². The number of benzene rings is 1. The van der Waals surface area contributed by atoms with E-state index in [9.17, 15) is 4.79 Å². The first-order valence-corrected chi connectivity index (χ1v) is 10.4. The second-order valence-corrected chi connectivity index (χ2v) is 7.84. The Morgan fingerprint density at radius 1 is 1.28 bits per heavy atom. The van der Waals surface area contributed by atoms with Gasteiger partial charge in [0.2, 0.25) is 11.9 Å². The van der Waals surface area contributed by atoms with E-state index >= 15 is 0 Å². The molecule has 3 atom stereocenters. The molecule has 2 aromatic heterocycles. The van der Waals surface area contributed by atoms with Crippen LogP contribution in [0.5, 0.6) is 0 Å². The third-order valence-electron chi connectivity index (χ3n) is 5.84. The average molecular weight is 393 g/mol. The zero-order valence-corrected chi connectivity index (χ0v) is 17.0. The van der Waals surface area contributed by atoms with E-state index in [0.717, 1.165) is 42.7 Å². The molecule has 1 amide bonds. The SMILES string of the molecule is CC[C@H](C)[C@H](NC(=O)[C@@H]1CCCN(c2ncccn2)C1)c1nc2ccccc2[nH]1. The number of piperidine rings is 1. The van der Waals surface area contributed by atoms with Crippen LogP contribution >= 0.6 is 0 Å². The van der Waals surface area contributed by atoms with Crippen LogP contribution in [0.15, 0.2) is 42.7 Å². The van der Waals surface area contributed by atoms with Crippen LogP contribution in [0.3, 0.4) is 0 Å². The number of rotatable bonds is 6. The normalized spacial score (nSPS) is 19.1. The number of fused-ring (bicyclic) bond motifs is 1. The molecule has 152 valence electrons. The fraction of sp³-hybridized carbons (Fsp3) is 0.455. The summed E-state index contributed by atoms with van der Waals surface area (Å²) in [4.78, 5) is 32.1. The highest BCUT2D eigenvalue weighted by molar-refractivity contribution is 5.80. The third kappa shape index (κ3) is 4.23. The van der Waals surface area contributed by atoms with Crippen molar-refractivity contribution >= 4 is 22.9 Å². The highest BCUT2D eigenvalue weighted by Crippen LogP contribution is 2.27. The lowest BCUT2D eigenvalue weighted by Crippen LogP contribution is -2.45. The molecule has 3 aromatic rings. The van der Waals surface area contributed by atoms with Crippen molar-refractivity contribution in [3.05, 3.63) is 48.5 Å². The number of nitrogens with zero attached hydrogens (tertiary/aromatic N) is 4. The minimum absolute atomic E-state index is 0.0800. The first kappa shape index (κ1) is 19.4. The second-order valence-electron chi connectivity index (χ2n) is 7.84. The predicted octanol–water partition coefficient (Wildman–Crippen LogP) is 3.47. The number of imidazole rings is 1. The van der Waals surface area contributed by atoms with E-state index in [0.29, 0.717) is 12.5 Å². The Bertz CT molecular complexity index is 923. The number of H-pyrrole nitrogens is 1. The molecule has 2 N–H and O–H groups in total. The monoisotopic (exact) mass is 392 g/mol. The van der Waals surface area contributed by atoms with E-state index < -0.39 is 0 Å². The van der Waals surface area contributed by atoms with Crippen LogP contribution in [0, 0.1) is 11.8 Å². The maximum atomic E-state index is 13.2. The number of aromatic amines is 1. The van der Waals surface area contributed by atoms with Gasteiger partial charge in [0.15, 0.2) is 0 Å². The van der Waals surface area contributed by atoms with Crippen molar-refractivity contribution in [3.8, 4) is 0 Å². The molecule has 29 heavy (non-hydrogen) atoms. The van der Waals surface area contributed by atoms with Crippen LogP contribution < -0.4 is 10.2 Å². The molecule has 1 aliphatic heterocycles. The van der Waals surface area contributed by atoms with Crippen molar-refractivity contribution in [1.29, 1.82) is 0 Å². The Balaban J connectivity index is 1.50. The zero-order chi connectivity index (χ0) is 20.2. The molecule has 0 aliphatic carbocycles. The van der Waals surface area contributed by atoms with Crippen LogP contribution in [0.4, 0.5) is 5.95 Å². The van der Waals surface area contributed by atoms with Gasteiger partial charge >= 0.3 is 0 Å². The fourth-order valence-electron chi connectivity index (χ4n) is 3.93. The van der Waals surface area contributed by atoms with Gasteiger partial charge in [-0.25, -0.2) is 15.0 Å². The summed E-state index contributed by atoms with van der Waals surface area (Å²) in [6.45, 7) is 5.82. The summed E-state index contributed by atoms with van der Waals surface area (Å²) in [5.41, 5.74) is 1.92. The van der Waals surface area contributed by atoms with Crippen LogP contribution in [-0.4, -0.2) is 38.9 Å².